The van der Waals surface area contributed by atoms with Gasteiger partial charge in [0.15, 0.2) is 12.4 Å². The minimum atomic E-state index is -1.62. The highest BCUT2D eigenvalue weighted by atomic mass is 16.7. The predicted octanol–water partition coefficient (Wildman–Crippen LogP) is 12.9. The lowest BCUT2D eigenvalue weighted by atomic mass is 9.99. The van der Waals surface area contributed by atoms with Crippen LogP contribution in [-0.2, 0) is 23.8 Å². The molecule has 0 saturated carbocycles. The predicted molar refractivity (Wildman–Crippen MR) is 287 cm³/mol. The molecule has 0 bridgehead atoms. The Labute approximate surface area is 427 Å². The molecule has 0 radical (unpaired) electrons. The maximum absolute atomic E-state index is 13.4. The lowest BCUT2D eigenvalue weighted by molar-refractivity contribution is -0.305. The molecule has 11 nitrogen and oxygen atoms in total. The number of amides is 1. The van der Waals surface area contributed by atoms with Gasteiger partial charge in [-0.1, -0.05) is 249 Å². The van der Waals surface area contributed by atoms with Gasteiger partial charge in [-0.3, -0.25) is 9.59 Å². The van der Waals surface area contributed by atoms with Gasteiger partial charge < -0.3 is 45.1 Å². The number of aliphatic hydroxyl groups is 5. The van der Waals surface area contributed by atoms with E-state index in [1.807, 2.05) is 12.2 Å². The fourth-order valence-electron chi connectivity index (χ4n) is 8.95. The summed E-state index contributed by atoms with van der Waals surface area (Å²) in [6, 6.07) is -1.02. The standard InChI is InChI=1S/C59H107NO10/c1-4-7-10-13-16-19-22-25-26-29-32-35-38-41-44-47-54(64)70-57-56(66)55(65)53(48-61)69-59(57)68-49-50(51(62)45-42-39-36-33-30-27-23-20-17-14-11-8-5-2)60-58(67)52(63)46-43-40-37-34-31-28-24-21-18-15-12-9-6-3/h7,10,13,16,19,22,42,45,50-53,55-57,59,61-63,65-66H,4-6,8-9,11-12,14-15,17-18,20-21,23-41,43-44,46-49H2,1-3H3,(H,60,67)/b10-7+,16-13+,22-19+,45-42+. The van der Waals surface area contributed by atoms with Gasteiger partial charge in [-0.2, -0.15) is 0 Å². The molecule has 0 aromatic carbocycles. The number of allylic oxidation sites excluding steroid dienone is 7. The summed E-state index contributed by atoms with van der Waals surface area (Å²) < 4.78 is 17.6. The summed E-state index contributed by atoms with van der Waals surface area (Å²) in [4.78, 5) is 26.4. The Morgan fingerprint density at radius 3 is 1.53 bits per heavy atom. The van der Waals surface area contributed by atoms with Crippen LogP contribution >= 0.6 is 0 Å². The van der Waals surface area contributed by atoms with Crippen molar-refractivity contribution in [2.24, 2.45) is 0 Å². The fraction of sp³-hybridized carbons (Fsp3) is 0.831. The third-order valence-electron chi connectivity index (χ3n) is 13.6. The molecule has 0 aliphatic carbocycles. The highest BCUT2D eigenvalue weighted by Gasteiger charge is 2.47. The third-order valence-corrected chi connectivity index (χ3v) is 13.6. The van der Waals surface area contributed by atoms with Gasteiger partial charge in [0.2, 0.25) is 5.91 Å². The molecule has 408 valence electrons. The second-order valence-corrected chi connectivity index (χ2v) is 20.1. The maximum Gasteiger partial charge on any atom is 0.306 e. The van der Waals surface area contributed by atoms with Crippen LogP contribution in [0.2, 0.25) is 0 Å². The fourth-order valence-corrected chi connectivity index (χ4v) is 8.95. The highest BCUT2D eigenvalue weighted by Crippen LogP contribution is 2.26. The number of carbonyl (C=O) groups excluding carboxylic acids is 2. The van der Waals surface area contributed by atoms with Gasteiger partial charge in [0.25, 0.3) is 0 Å². The van der Waals surface area contributed by atoms with Gasteiger partial charge in [0, 0.05) is 6.42 Å². The van der Waals surface area contributed by atoms with Crippen LogP contribution in [0.25, 0.3) is 0 Å². The summed E-state index contributed by atoms with van der Waals surface area (Å²) in [7, 11) is 0. The van der Waals surface area contributed by atoms with Crippen molar-refractivity contribution >= 4 is 11.9 Å². The van der Waals surface area contributed by atoms with E-state index in [1.165, 1.54) is 116 Å². The normalized spacial score (nSPS) is 20.0. The summed E-state index contributed by atoms with van der Waals surface area (Å²) >= 11 is 0. The average molecular weight is 991 g/mol. The van der Waals surface area contributed by atoms with Gasteiger partial charge >= 0.3 is 5.97 Å². The quantitative estimate of drug-likeness (QED) is 0.0149. The second kappa shape index (κ2) is 47.6. The van der Waals surface area contributed by atoms with Crippen LogP contribution in [0.4, 0.5) is 0 Å². The lowest BCUT2D eigenvalue weighted by Gasteiger charge is -2.41. The first-order chi connectivity index (χ1) is 34.2. The van der Waals surface area contributed by atoms with Crippen LogP contribution in [-0.4, -0.2) is 99.6 Å². The Bertz CT molecular complexity index is 1320. The zero-order chi connectivity index (χ0) is 51.1. The molecule has 0 spiro atoms. The van der Waals surface area contributed by atoms with Crippen LogP contribution < -0.4 is 5.32 Å². The Morgan fingerprint density at radius 2 is 1.03 bits per heavy atom. The van der Waals surface area contributed by atoms with Crippen molar-refractivity contribution < 1.29 is 49.3 Å². The number of aliphatic hydroxyl groups excluding tert-OH is 5. The van der Waals surface area contributed by atoms with Crippen LogP contribution in [0.5, 0.6) is 0 Å². The molecule has 1 rings (SSSR count). The monoisotopic (exact) mass is 990 g/mol. The number of esters is 1. The summed E-state index contributed by atoms with van der Waals surface area (Å²) in [5.41, 5.74) is 0. The molecule has 11 heteroatoms. The van der Waals surface area contributed by atoms with E-state index in [2.05, 4.69) is 56.5 Å². The van der Waals surface area contributed by atoms with Crippen LogP contribution in [0.1, 0.15) is 252 Å². The van der Waals surface area contributed by atoms with Crippen molar-refractivity contribution in [3.8, 4) is 0 Å². The average Bonchev–Trinajstić information content (AvgIpc) is 3.36. The first-order valence-corrected chi connectivity index (χ1v) is 28.9. The van der Waals surface area contributed by atoms with E-state index < -0.39 is 67.4 Å². The Morgan fingerprint density at radius 1 is 0.571 bits per heavy atom. The smallest absolute Gasteiger partial charge is 0.306 e. The number of ether oxygens (including phenoxy) is 3. The number of hydrogen-bond donors (Lipinski definition) is 6. The summed E-state index contributed by atoms with van der Waals surface area (Å²) in [6.07, 6.45) is 45.8. The third kappa shape index (κ3) is 35.7. The van der Waals surface area contributed by atoms with Crippen molar-refractivity contribution in [2.75, 3.05) is 13.2 Å². The van der Waals surface area contributed by atoms with Crippen molar-refractivity contribution in [2.45, 2.75) is 301 Å². The van der Waals surface area contributed by atoms with Gasteiger partial charge in [-0.25, -0.2) is 0 Å². The summed E-state index contributed by atoms with van der Waals surface area (Å²) in [5, 5.41) is 56.8. The highest BCUT2D eigenvalue weighted by molar-refractivity contribution is 5.80. The molecule has 1 saturated heterocycles. The molecule has 1 fully saturated rings. The number of rotatable bonds is 48. The van der Waals surface area contributed by atoms with Gasteiger partial charge in [0.05, 0.1) is 25.4 Å². The minimum absolute atomic E-state index is 0.111. The van der Waals surface area contributed by atoms with Crippen LogP contribution in [0.15, 0.2) is 48.6 Å². The van der Waals surface area contributed by atoms with Crippen molar-refractivity contribution in [3.05, 3.63) is 48.6 Å². The number of unbranched alkanes of at least 4 members (excludes halogenated alkanes) is 30. The van der Waals surface area contributed by atoms with E-state index in [-0.39, 0.29) is 13.0 Å². The molecule has 1 heterocycles. The first kappa shape index (κ1) is 65.6. The first-order valence-electron chi connectivity index (χ1n) is 28.9. The summed E-state index contributed by atoms with van der Waals surface area (Å²) in [6.45, 7) is 5.65. The zero-order valence-corrected chi connectivity index (χ0v) is 44.9. The van der Waals surface area contributed by atoms with E-state index in [0.717, 1.165) is 89.9 Å². The zero-order valence-electron chi connectivity index (χ0n) is 44.9. The van der Waals surface area contributed by atoms with Gasteiger partial charge in [0.1, 0.15) is 24.4 Å². The second-order valence-electron chi connectivity index (χ2n) is 20.1. The minimum Gasteiger partial charge on any atom is -0.454 e. The van der Waals surface area contributed by atoms with Crippen molar-refractivity contribution in [1.29, 1.82) is 0 Å². The van der Waals surface area contributed by atoms with Crippen molar-refractivity contribution in [1.82, 2.24) is 5.32 Å². The Hall–Kier alpha value is -2.38. The number of carbonyl (C=O) groups is 2. The number of hydrogen-bond acceptors (Lipinski definition) is 10. The van der Waals surface area contributed by atoms with E-state index in [4.69, 9.17) is 14.2 Å². The molecular formula is C59H107NO10. The van der Waals surface area contributed by atoms with Crippen LogP contribution in [0, 0.1) is 0 Å². The topological polar surface area (TPSA) is 175 Å². The molecule has 6 N–H and O–H groups in total. The maximum atomic E-state index is 13.4. The number of nitrogens with one attached hydrogen (secondary N) is 1. The molecule has 1 amide bonds. The van der Waals surface area contributed by atoms with E-state index in [0.29, 0.717) is 19.3 Å². The molecule has 8 atom stereocenters. The SMILES string of the molecule is CC/C=C/C=C/C=C/CCCCCCCCCC(=O)OC1C(OCC(NC(=O)C(O)CCCCCCCCCCCCCCC)C(O)/C=C/CCCCCCCCCCCCC)OC(CO)C(O)C1O. The largest absolute Gasteiger partial charge is 0.454 e. The Balaban J connectivity index is 2.74. The Kier molecular flexibility index (Phi) is 44.6. The molecule has 1 aliphatic rings. The van der Waals surface area contributed by atoms with Crippen molar-refractivity contribution in [3.63, 3.8) is 0 Å². The van der Waals surface area contributed by atoms with E-state index in [1.54, 1.807) is 6.08 Å². The molecule has 1 aliphatic heterocycles. The van der Waals surface area contributed by atoms with Gasteiger partial charge in [-0.15, -0.1) is 0 Å². The lowest BCUT2D eigenvalue weighted by Crippen LogP contribution is -2.61. The molecule has 0 aromatic rings. The van der Waals surface area contributed by atoms with E-state index >= 15 is 0 Å². The molecular weight excluding hydrogens is 883 g/mol. The van der Waals surface area contributed by atoms with Gasteiger partial charge in [-0.05, 0) is 44.9 Å². The molecule has 70 heavy (non-hydrogen) atoms. The summed E-state index contributed by atoms with van der Waals surface area (Å²) in [5.74, 6) is -1.20. The molecule has 8 unspecified atom stereocenters. The van der Waals surface area contributed by atoms with Crippen LogP contribution in [0.3, 0.4) is 0 Å². The van der Waals surface area contributed by atoms with E-state index in [9.17, 15) is 35.1 Å². The molecule has 0 aromatic heterocycles.